The highest BCUT2D eigenvalue weighted by molar-refractivity contribution is 7.92. The van der Waals surface area contributed by atoms with Gasteiger partial charge in [-0.15, -0.1) is 21.5 Å². The molecule has 1 atom stereocenters. The molecule has 0 saturated carbocycles. The summed E-state index contributed by atoms with van der Waals surface area (Å²) in [7, 11) is -5.36. The number of nitrogens with two attached hydrogens (primary N) is 1. The lowest BCUT2D eigenvalue weighted by molar-refractivity contribution is 0.0577. The number of benzene rings is 5. The Bertz CT molecular complexity index is 3090. The van der Waals surface area contributed by atoms with Gasteiger partial charge in [-0.3, -0.25) is 0 Å². The molecular formula is C47H53N9O10S3. The highest BCUT2D eigenvalue weighted by Crippen LogP contribution is 2.44. The number of nitrogens with zero attached hydrogens (tertiary/aromatic N) is 7. The second-order valence-electron chi connectivity index (χ2n) is 16.8. The molecule has 0 aliphatic heterocycles. The molecule has 0 unspecified atom stereocenters. The molecule has 0 fully saturated rings. The number of carboxylic acid groups (broad SMARTS) is 1. The Labute approximate surface area is 404 Å². The van der Waals surface area contributed by atoms with E-state index in [0.29, 0.717) is 44.5 Å². The van der Waals surface area contributed by atoms with E-state index >= 15 is 8.42 Å². The predicted molar refractivity (Wildman–Crippen MR) is 260 cm³/mol. The molecule has 0 aliphatic carbocycles. The standard InChI is InChI=1S/C47H53N9O10S3/c1-47(2,3)55(46(58)59)29-33(57)25-49-68(60,61)40-23-22-37(38-8-7-9-39-43(38)50-41(24-48)67-39)42(45-51-53-56(52-45)28-32-14-20-36(66-6)21-15-32)44(40)69(62,63)54(26-30-10-16-34(64-4)17-11-30)27-31-12-18-35(65-5)19-13-31/h7-23,33,49,57H,24-29,48H2,1-6H3,(H,58,59)/t33-/m0/s1. The van der Waals surface area contributed by atoms with Crippen molar-refractivity contribution in [2.45, 2.75) is 68.4 Å². The van der Waals surface area contributed by atoms with Gasteiger partial charge in [0.1, 0.15) is 32.0 Å². The molecule has 5 aromatic carbocycles. The Hall–Kier alpha value is -6.53. The van der Waals surface area contributed by atoms with Gasteiger partial charge in [-0.2, -0.15) is 9.10 Å². The number of carbonyl (C=O) groups is 1. The summed E-state index contributed by atoms with van der Waals surface area (Å²) >= 11 is 1.36. The zero-order valence-corrected chi connectivity index (χ0v) is 41.2. The molecule has 19 nitrogen and oxygen atoms in total. The van der Waals surface area contributed by atoms with Crippen LogP contribution in [-0.4, -0.2) is 114 Å². The van der Waals surface area contributed by atoms with Crippen LogP contribution in [0.25, 0.3) is 32.7 Å². The van der Waals surface area contributed by atoms with E-state index in [1.165, 1.54) is 42.5 Å². The number of aromatic nitrogens is 5. The van der Waals surface area contributed by atoms with Crippen molar-refractivity contribution in [3.05, 3.63) is 125 Å². The van der Waals surface area contributed by atoms with Gasteiger partial charge < -0.3 is 35.1 Å². The first-order chi connectivity index (χ1) is 32.8. The highest BCUT2D eigenvalue weighted by atomic mass is 32.2. The van der Waals surface area contributed by atoms with Crippen LogP contribution < -0.4 is 24.7 Å². The minimum absolute atomic E-state index is 0.0936. The Morgan fingerprint density at radius 1 is 0.812 bits per heavy atom. The van der Waals surface area contributed by atoms with Gasteiger partial charge in [-0.1, -0.05) is 54.6 Å². The first-order valence-corrected chi connectivity index (χ1v) is 25.2. The number of methoxy groups -OCH3 is 3. The van der Waals surface area contributed by atoms with Crippen LogP contribution in [0.3, 0.4) is 0 Å². The largest absolute Gasteiger partial charge is 0.497 e. The lowest BCUT2D eigenvalue weighted by Crippen LogP contribution is -2.50. The van der Waals surface area contributed by atoms with E-state index in [1.807, 2.05) is 18.2 Å². The summed E-state index contributed by atoms with van der Waals surface area (Å²) in [6.07, 6.45) is -2.87. The maximum Gasteiger partial charge on any atom is 0.407 e. The number of hydrogen-bond acceptors (Lipinski definition) is 15. The van der Waals surface area contributed by atoms with E-state index in [0.717, 1.165) is 19.5 Å². The van der Waals surface area contributed by atoms with Crippen LogP contribution in [0.5, 0.6) is 17.2 Å². The molecule has 0 aliphatic rings. The number of para-hydroxylation sites is 1. The summed E-state index contributed by atoms with van der Waals surface area (Å²) in [6.45, 7) is 3.48. The van der Waals surface area contributed by atoms with Crippen LogP contribution in [0.1, 0.15) is 42.5 Å². The molecule has 2 aromatic heterocycles. The third-order valence-electron chi connectivity index (χ3n) is 11.1. The number of tetrazole rings is 1. The van der Waals surface area contributed by atoms with Crippen LogP contribution in [0, 0.1) is 0 Å². The molecule has 7 aromatic rings. The molecule has 364 valence electrons. The van der Waals surface area contributed by atoms with Gasteiger partial charge in [0.2, 0.25) is 25.9 Å². The van der Waals surface area contributed by atoms with Crippen molar-refractivity contribution >= 4 is 47.7 Å². The minimum atomic E-state index is -5.02. The number of amides is 1. The van der Waals surface area contributed by atoms with Gasteiger partial charge in [0.05, 0.1) is 56.3 Å². The maximum absolute atomic E-state index is 16.1. The number of aliphatic hydroxyl groups is 1. The van der Waals surface area contributed by atoms with Gasteiger partial charge >= 0.3 is 6.09 Å². The number of aliphatic hydroxyl groups excluding tert-OH is 1. The molecule has 7 rings (SSSR count). The first kappa shape index (κ1) is 50.3. The highest BCUT2D eigenvalue weighted by Gasteiger charge is 2.39. The Balaban J connectivity index is 1.48. The summed E-state index contributed by atoms with van der Waals surface area (Å²) in [6, 6.07) is 28.7. The summed E-state index contributed by atoms with van der Waals surface area (Å²) < 4.78 is 82.4. The van der Waals surface area contributed by atoms with Gasteiger partial charge in [0, 0.05) is 37.3 Å². The van der Waals surface area contributed by atoms with Crippen LogP contribution >= 0.6 is 11.3 Å². The van der Waals surface area contributed by atoms with E-state index in [2.05, 4.69) is 15.0 Å². The summed E-state index contributed by atoms with van der Waals surface area (Å²) in [4.78, 5) is 17.8. The number of thiazole rings is 1. The number of nitrogens with one attached hydrogen (secondary N) is 1. The molecular weight excluding hydrogens is 947 g/mol. The fourth-order valence-corrected chi connectivity index (χ4v) is 11.9. The van der Waals surface area contributed by atoms with Crippen LogP contribution in [0.2, 0.25) is 0 Å². The van der Waals surface area contributed by atoms with Crippen molar-refractivity contribution in [2.24, 2.45) is 5.73 Å². The third kappa shape index (κ3) is 11.5. The van der Waals surface area contributed by atoms with Crippen LogP contribution in [0.15, 0.2) is 113 Å². The van der Waals surface area contributed by atoms with E-state index in [1.54, 1.807) is 101 Å². The van der Waals surface area contributed by atoms with Crippen molar-refractivity contribution in [1.29, 1.82) is 0 Å². The Morgan fingerprint density at radius 3 is 1.90 bits per heavy atom. The second kappa shape index (κ2) is 21.0. The average Bonchev–Trinajstić information content (AvgIpc) is 3.99. The van der Waals surface area contributed by atoms with Gasteiger partial charge in [0.25, 0.3) is 0 Å². The number of hydrogen-bond donors (Lipinski definition) is 4. The monoisotopic (exact) mass is 999 g/mol. The summed E-state index contributed by atoms with van der Waals surface area (Å²) in [5, 5.41) is 35.1. The van der Waals surface area contributed by atoms with Crippen molar-refractivity contribution in [2.75, 3.05) is 34.4 Å². The van der Waals surface area contributed by atoms with Gasteiger partial charge in [-0.25, -0.2) is 31.3 Å². The minimum Gasteiger partial charge on any atom is -0.497 e. The smallest absolute Gasteiger partial charge is 0.407 e. The number of sulfonamides is 2. The topological polar surface area (TPSA) is 255 Å². The lowest BCUT2D eigenvalue weighted by atomic mass is 9.98. The lowest BCUT2D eigenvalue weighted by Gasteiger charge is -2.34. The molecule has 0 saturated heterocycles. The maximum atomic E-state index is 16.1. The predicted octanol–water partition coefficient (Wildman–Crippen LogP) is 5.96. The molecule has 69 heavy (non-hydrogen) atoms. The van der Waals surface area contributed by atoms with Crippen molar-refractivity contribution < 1.29 is 46.1 Å². The number of β-amino-alcohol motifs (C(OH)–C–C–N with tert-alkyl or cyclic N) is 1. The number of fused-ring (bicyclic) bond motifs is 1. The van der Waals surface area contributed by atoms with Crippen molar-refractivity contribution in [3.63, 3.8) is 0 Å². The Morgan fingerprint density at radius 2 is 1.38 bits per heavy atom. The zero-order valence-electron chi connectivity index (χ0n) is 38.7. The second-order valence-corrected chi connectivity index (χ2v) is 21.5. The number of ether oxygens (including phenoxy) is 3. The molecule has 5 N–H and O–H groups in total. The quantitative estimate of drug-likeness (QED) is 0.0688. The first-order valence-electron chi connectivity index (χ1n) is 21.5. The molecule has 22 heteroatoms. The number of rotatable bonds is 20. The molecule has 0 spiro atoms. The van der Waals surface area contributed by atoms with E-state index in [9.17, 15) is 23.4 Å². The van der Waals surface area contributed by atoms with Crippen LogP contribution in [0.4, 0.5) is 4.79 Å². The summed E-state index contributed by atoms with van der Waals surface area (Å²) in [5.74, 6) is 1.47. The molecule has 2 heterocycles. The van der Waals surface area contributed by atoms with Crippen LogP contribution in [-0.2, 0) is 46.2 Å². The normalized spacial score (nSPS) is 12.6. The van der Waals surface area contributed by atoms with Crippen molar-refractivity contribution in [1.82, 2.24) is 39.1 Å². The van der Waals surface area contributed by atoms with Crippen molar-refractivity contribution in [3.8, 4) is 39.8 Å². The Kier molecular flexibility index (Phi) is 15.3. The van der Waals surface area contributed by atoms with Gasteiger partial charge in [-0.05, 0) is 96.8 Å². The molecule has 0 bridgehead atoms. The zero-order chi connectivity index (χ0) is 49.7. The fraction of sp³-hybridized carbons (Fsp3) is 0.298. The van der Waals surface area contributed by atoms with E-state index < -0.39 is 60.7 Å². The fourth-order valence-electron chi connectivity index (χ4n) is 7.50. The van der Waals surface area contributed by atoms with Gasteiger partial charge in [0.15, 0.2) is 0 Å². The summed E-state index contributed by atoms with van der Waals surface area (Å²) in [5.41, 5.74) is 7.87. The average molecular weight is 1000 g/mol. The molecule has 0 radical (unpaired) electrons. The van der Waals surface area contributed by atoms with E-state index in [4.69, 9.17) is 30.0 Å². The molecule has 1 amide bonds. The van der Waals surface area contributed by atoms with E-state index in [-0.39, 0.29) is 43.1 Å². The third-order valence-corrected chi connectivity index (χ3v) is 15.6. The SMILES string of the molecule is COc1ccc(CN(Cc2ccc(OC)cc2)S(=O)(=O)c2c(S(=O)(=O)NC[C@H](O)CN(C(=O)O)C(C)(C)C)ccc(-c3cccc4sc(CN)nc34)c2-c2nnn(Cc3ccc(OC)cc3)n2)cc1.